The van der Waals surface area contributed by atoms with Gasteiger partial charge in [-0.1, -0.05) is 115 Å². The lowest BCUT2D eigenvalue weighted by atomic mass is 9.85. The maximum atomic E-state index is 6.39. The Labute approximate surface area is 215 Å². The average Bonchev–Trinajstić information content (AvgIpc) is 2.96. The van der Waals surface area contributed by atoms with Gasteiger partial charge in [0.1, 0.15) is 11.5 Å². The van der Waals surface area contributed by atoms with E-state index in [9.17, 15) is 0 Å². The Balaban J connectivity index is 1.46. The van der Waals surface area contributed by atoms with Gasteiger partial charge in [-0.05, 0) is 72.9 Å². The summed E-state index contributed by atoms with van der Waals surface area (Å²) in [5.74, 6) is 1.83. The summed E-state index contributed by atoms with van der Waals surface area (Å²) in [6.45, 7) is 0. The van der Waals surface area contributed by atoms with Gasteiger partial charge in [-0.15, -0.1) is 0 Å². The van der Waals surface area contributed by atoms with Crippen molar-refractivity contribution in [1.82, 2.24) is 0 Å². The van der Waals surface area contributed by atoms with Crippen LogP contribution in [0.1, 0.15) is 0 Å². The molecule has 1 nitrogen and oxygen atoms in total. The first-order chi connectivity index (χ1) is 18.4. The lowest BCUT2D eigenvalue weighted by Crippen LogP contribution is -1.97. The van der Waals surface area contributed by atoms with Gasteiger partial charge in [0.2, 0.25) is 0 Å². The lowest BCUT2D eigenvalue weighted by molar-refractivity contribution is 0.487. The first-order valence-electron chi connectivity index (χ1n) is 12.7. The van der Waals surface area contributed by atoms with Crippen molar-refractivity contribution in [2.75, 3.05) is 0 Å². The van der Waals surface area contributed by atoms with Crippen molar-refractivity contribution in [1.29, 1.82) is 0 Å². The highest BCUT2D eigenvalue weighted by Crippen LogP contribution is 2.49. The Morgan fingerprint density at radius 2 is 0.973 bits per heavy atom. The summed E-state index contributed by atoms with van der Waals surface area (Å²) in [5, 5.41) is 7.44. The molecule has 0 bridgehead atoms. The molecular weight excluding hydrogens is 448 g/mol. The number of ether oxygens (including phenoxy) is 1. The highest BCUT2D eigenvalue weighted by atomic mass is 16.5. The molecule has 0 spiro atoms. The van der Waals surface area contributed by atoms with Crippen LogP contribution in [0.5, 0.6) is 11.5 Å². The van der Waals surface area contributed by atoms with Crippen molar-refractivity contribution in [2.45, 2.75) is 0 Å². The standard InChI is InChI=1S/C36H22O/c1-2-10-23(11-3-1)34-26-14-4-6-16-28(26)35(29-17-7-5-15-27(29)34)25-20-21-32-31(22-25)30-18-8-12-24-13-9-19-33(37-32)36(24)30/h1-22H. The first kappa shape index (κ1) is 20.3. The number of hydrogen-bond acceptors (Lipinski definition) is 1. The topological polar surface area (TPSA) is 9.23 Å². The van der Waals surface area contributed by atoms with E-state index in [1.165, 1.54) is 60.1 Å². The summed E-state index contributed by atoms with van der Waals surface area (Å²) in [6, 6.07) is 47.8. The number of rotatable bonds is 2. The molecule has 0 unspecified atom stereocenters. The fourth-order valence-electron chi connectivity index (χ4n) is 6.07. The first-order valence-corrected chi connectivity index (χ1v) is 12.7. The minimum atomic E-state index is 0.907. The largest absolute Gasteiger partial charge is 0.456 e. The summed E-state index contributed by atoms with van der Waals surface area (Å²) in [4.78, 5) is 0. The van der Waals surface area contributed by atoms with Crippen molar-refractivity contribution in [2.24, 2.45) is 0 Å². The van der Waals surface area contributed by atoms with E-state index in [0.29, 0.717) is 0 Å². The van der Waals surface area contributed by atoms with Crippen LogP contribution in [0.15, 0.2) is 133 Å². The molecule has 0 saturated heterocycles. The van der Waals surface area contributed by atoms with Crippen LogP contribution in [0.3, 0.4) is 0 Å². The predicted molar refractivity (Wildman–Crippen MR) is 155 cm³/mol. The Morgan fingerprint density at radius 1 is 0.378 bits per heavy atom. The van der Waals surface area contributed by atoms with Crippen molar-refractivity contribution in [3.63, 3.8) is 0 Å². The van der Waals surface area contributed by atoms with Crippen molar-refractivity contribution >= 4 is 32.3 Å². The van der Waals surface area contributed by atoms with Crippen LogP contribution in [0, 0.1) is 0 Å². The molecule has 8 rings (SSSR count). The van der Waals surface area contributed by atoms with Crippen LogP contribution in [0.4, 0.5) is 0 Å². The molecule has 0 atom stereocenters. The Hall–Kier alpha value is -4.88. The van der Waals surface area contributed by atoms with Gasteiger partial charge >= 0.3 is 0 Å². The SMILES string of the molecule is c1ccc(-c2c3ccccc3c(-c3ccc4c(c3)-c3cccc5cccc(c35)O4)c3ccccc23)cc1. The van der Waals surface area contributed by atoms with Gasteiger partial charge in [0.05, 0.1) is 0 Å². The summed E-state index contributed by atoms with van der Waals surface area (Å²) < 4.78 is 6.39. The number of fused-ring (bicyclic) bond motifs is 4. The molecular formula is C36H22O. The van der Waals surface area contributed by atoms with E-state index in [4.69, 9.17) is 4.74 Å². The second-order valence-corrected chi connectivity index (χ2v) is 9.68. The molecule has 7 aromatic carbocycles. The molecule has 1 aliphatic rings. The monoisotopic (exact) mass is 470 g/mol. The third-order valence-electron chi connectivity index (χ3n) is 7.64. The number of benzene rings is 7. The third kappa shape index (κ3) is 2.98. The molecule has 37 heavy (non-hydrogen) atoms. The van der Waals surface area contributed by atoms with E-state index in [2.05, 4.69) is 133 Å². The molecule has 0 N–H and O–H groups in total. The average molecular weight is 471 g/mol. The van der Waals surface area contributed by atoms with Crippen LogP contribution >= 0.6 is 0 Å². The van der Waals surface area contributed by atoms with Crippen LogP contribution in [0.25, 0.3) is 65.7 Å². The van der Waals surface area contributed by atoms with Gasteiger partial charge in [0.15, 0.2) is 0 Å². The van der Waals surface area contributed by atoms with E-state index in [1.54, 1.807) is 0 Å². The Kier molecular flexibility index (Phi) is 4.29. The molecule has 0 fully saturated rings. The molecule has 1 heterocycles. The van der Waals surface area contributed by atoms with E-state index < -0.39 is 0 Å². The molecule has 1 heteroatoms. The van der Waals surface area contributed by atoms with Crippen molar-refractivity contribution in [3.8, 4) is 44.9 Å². The van der Waals surface area contributed by atoms with Gasteiger partial charge in [0.25, 0.3) is 0 Å². The fraction of sp³-hybridized carbons (Fsp3) is 0. The fourth-order valence-corrected chi connectivity index (χ4v) is 6.07. The molecule has 0 saturated carbocycles. The maximum absolute atomic E-state index is 6.39. The van der Waals surface area contributed by atoms with Gasteiger partial charge in [-0.2, -0.15) is 0 Å². The molecule has 1 aliphatic heterocycles. The zero-order chi connectivity index (χ0) is 24.3. The molecule has 0 aliphatic carbocycles. The van der Waals surface area contributed by atoms with E-state index in [-0.39, 0.29) is 0 Å². The van der Waals surface area contributed by atoms with Gasteiger partial charge in [0, 0.05) is 10.9 Å². The molecule has 0 amide bonds. The van der Waals surface area contributed by atoms with Gasteiger partial charge in [-0.3, -0.25) is 0 Å². The zero-order valence-corrected chi connectivity index (χ0v) is 20.1. The molecule has 0 radical (unpaired) electrons. The van der Waals surface area contributed by atoms with Gasteiger partial charge in [-0.25, -0.2) is 0 Å². The second kappa shape index (κ2) is 7.81. The quantitative estimate of drug-likeness (QED) is 0.228. The van der Waals surface area contributed by atoms with E-state index >= 15 is 0 Å². The minimum Gasteiger partial charge on any atom is -0.456 e. The molecule has 172 valence electrons. The maximum Gasteiger partial charge on any atom is 0.135 e. The van der Waals surface area contributed by atoms with E-state index in [0.717, 1.165) is 17.1 Å². The number of hydrogen-bond donors (Lipinski definition) is 0. The smallest absolute Gasteiger partial charge is 0.135 e. The van der Waals surface area contributed by atoms with Gasteiger partial charge < -0.3 is 4.74 Å². The molecule has 7 aromatic rings. The predicted octanol–water partition coefficient (Wildman–Crippen LogP) is 10.3. The Bertz CT molecular complexity index is 1940. The Morgan fingerprint density at radius 3 is 1.65 bits per heavy atom. The van der Waals surface area contributed by atoms with Crippen LogP contribution in [-0.2, 0) is 0 Å². The van der Waals surface area contributed by atoms with Crippen molar-refractivity contribution in [3.05, 3.63) is 133 Å². The second-order valence-electron chi connectivity index (χ2n) is 9.68. The highest BCUT2D eigenvalue weighted by molar-refractivity contribution is 6.21. The van der Waals surface area contributed by atoms with Crippen LogP contribution in [0.2, 0.25) is 0 Å². The summed E-state index contributed by atoms with van der Waals surface area (Å²) in [5.41, 5.74) is 7.36. The third-order valence-corrected chi connectivity index (χ3v) is 7.64. The summed E-state index contributed by atoms with van der Waals surface area (Å²) in [7, 11) is 0. The van der Waals surface area contributed by atoms with Crippen LogP contribution in [-0.4, -0.2) is 0 Å². The van der Waals surface area contributed by atoms with E-state index in [1.807, 2.05) is 0 Å². The zero-order valence-electron chi connectivity index (χ0n) is 20.1. The molecule has 0 aromatic heterocycles. The van der Waals surface area contributed by atoms with Crippen molar-refractivity contribution < 1.29 is 4.74 Å². The summed E-state index contributed by atoms with van der Waals surface area (Å²) >= 11 is 0. The normalized spacial score (nSPS) is 12.0. The summed E-state index contributed by atoms with van der Waals surface area (Å²) in [6.07, 6.45) is 0. The highest BCUT2D eigenvalue weighted by Gasteiger charge is 2.22. The van der Waals surface area contributed by atoms with Crippen LogP contribution < -0.4 is 4.74 Å². The lowest BCUT2D eigenvalue weighted by Gasteiger charge is -2.23. The minimum absolute atomic E-state index is 0.907.